The van der Waals surface area contributed by atoms with Gasteiger partial charge >= 0.3 is 0 Å². The van der Waals surface area contributed by atoms with Crippen molar-refractivity contribution >= 4 is 0 Å². The van der Waals surface area contributed by atoms with Crippen molar-refractivity contribution in [2.75, 3.05) is 0 Å². The molecule has 0 saturated heterocycles. The van der Waals surface area contributed by atoms with E-state index >= 15 is 0 Å². The maximum atomic E-state index is 9.95. The number of aromatic nitrogens is 4. The van der Waals surface area contributed by atoms with Crippen LogP contribution in [0.5, 0.6) is 0 Å². The zero-order valence-electron chi connectivity index (χ0n) is 27.0. The molecule has 0 aliphatic heterocycles. The lowest BCUT2D eigenvalue weighted by atomic mass is 9.93. The molecule has 0 saturated carbocycles. The Labute approximate surface area is 290 Å². The number of nitrogens with zero attached hydrogens (tertiary/aromatic N) is 5. The first kappa shape index (κ1) is 30.3. The highest BCUT2D eigenvalue weighted by Gasteiger charge is 2.14. The van der Waals surface area contributed by atoms with Crippen molar-refractivity contribution in [1.29, 1.82) is 5.26 Å². The van der Waals surface area contributed by atoms with Gasteiger partial charge in [0.2, 0.25) is 0 Å². The van der Waals surface area contributed by atoms with Crippen LogP contribution in [0, 0.1) is 11.3 Å². The van der Waals surface area contributed by atoms with E-state index in [1.807, 2.05) is 103 Å². The van der Waals surface area contributed by atoms with Crippen molar-refractivity contribution in [3.8, 4) is 84.9 Å². The predicted octanol–water partition coefficient (Wildman–Crippen LogP) is 10.8. The van der Waals surface area contributed by atoms with Gasteiger partial charge in [0.1, 0.15) is 0 Å². The number of hydrogen-bond acceptors (Lipinski definition) is 5. The normalized spacial score (nSPS) is 10.8. The Kier molecular flexibility index (Phi) is 8.25. The van der Waals surface area contributed by atoms with Gasteiger partial charge in [-0.25, -0.2) is 15.0 Å². The fourth-order valence-electron chi connectivity index (χ4n) is 6.05. The van der Waals surface area contributed by atoms with Crippen LogP contribution < -0.4 is 0 Å². The molecule has 0 atom stereocenters. The molecular weight excluding hydrogens is 611 g/mol. The molecule has 6 aromatic carbocycles. The lowest BCUT2D eigenvalue weighted by Crippen LogP contribution is -2.00. The van der Waals surface area contributed by atoms with E-state index in [4.69, 9.17) is 15.0 Å². The van der Waals surface area contributed by atoms with Gasteiger partial charge in [0.25, 0.3) is 0 Å². The molecule has 0 spiro atoms. The van der Waals surface area contributed by atoms with Crippen molar-refractivity contribution in [1.82, 2.24) is 19.9 Å². The predicted molar refractivity (Wildman–Crippen MR) is 200 cm³/mol. The van der Waals surface area contributed by atoms with Gasteiger partial charge in [-0.1, -0.05) is 127 Å². The first-order valence-electron chi connectivity index (χ1n) is 16.4. The highest BCUT2D eigenvalue weighted by atomic mass is 15.0. The van der Waals surface area contributed by atoms with Crippen LogP contribution in [0.25, 0.3) is 78.8 Å². The minimum absolute atomic E-state index is 0.608. The van der Waals surface area contributed by atoms with Gasteiger partial charge in [-0.3, -0.25) is 4.98 Å². The Morgan fingerprint density at radius 3 is 1.34 bits per heavy atom. The monoisotopic (exact) mass is 639 g/mol. The molecule has 0 bridgehead atoms. The zero-order valence-corrected chi connectivity index (χ0v) is 27.0. The third-order valence-electron chi connectivity index (χ3n) is 8.59. The van der Waals surface area contributed by atoms with E-state index in [1.54, 1.807) is 6.20 Å². The van der Waals surface area contributed by atoms with Crippen LogP contribution >= 0.6 is 0 Å². The summed E-state index contributed by atoms with van der Waals surface area (Å²) in [7, 11) is 0. The van der Waals surface area contributed by atoms with E-state index in [0.717, 1.165) is 61.3 Å². The Morgan fingerprint density at radius 1 is 0.340 bits per heavy atom. The molecule has 2 heterocycles. The number of hydrogen-bond donors (Lipinski definition) is 0. The topological polar surface area (TPSA) is 75.3 Å². The summed E-state index contributed by atoms with van der Waals surface area (Å²) < 4.78 is 0. The van der Waals surface area contributed by atoms with Gasteiger partial charge in [-0.2, -0.15) is 5.26 Å². The third-order valence-corrected chi connectivity index (χ3v) is 8.59. The van der Waals surface area contributed by atoms with Crippen molar-refractivity contribution in [2.24, 2.45) is 0 Å². The van der Waals surface area contributed by atoms with Crippen LogP contribution in [0.3, 0.4) is 0 Å². The highest BCUT2D eigenvalue weighted by molar-refractivity contribution is 5.80. The Bertz CT molecular complexity index is 2410. The molecule has 8 aromatic rings. The number of pyridine rings is 1. The van der Waals surface area contributed by atoms with Crippen LogP contribution in [0.1, 0.15) is 5.56 Å². The van der Waals surface area contributed by atoms with Crippen LogP contribution in [0.15, 0.2) is 176 Å². The molecule has 0 radical (unpaired) electrons. The van der Waals surface area contributed by atoms with Crippen LogP contribution in [-0.2, 0) is 0 Å². The molecule has 0 unspecified atom stereocenters. The maximum Gasteiger partial charge on any atom is 0.164 e. The molecule has 50 heavy (non-hydrogen) atoms. The molecule has 0 N–H and O–H groups in total. The molecule has 0 fully saturated rings. The minimum Gasteiger partial charge on any atom is -0.256 e. The summed E-state index contributed by atoms with van der Waals surface area (Å²) in [5.41, 5.74) is 11.4. The molecule has 234 valence electrons. The summed E-state index contributed by atoms with van der Waals surface area (Å²) in [5.74, 6) is 1.86. The Balaban J connectivity index is 1.15. The summed E-state index contributed by atoms with van der Waals surface area (Å²) >= 11 is 0. The fraction of sp³-hybridized carbons (Fsp3) is 0. The summed E-state index contributed by atoms with van der Waals surface area (Å²) in [5, 5.41) is 9.95. The molecule has 5 heteroatoms. The van der Waals surface area contributed by atoms with Gasteiger partial charge in [0, 0.05) is 28.5 Å². The summed E-state index contributed by atoms with van der Waals surface area (Å²) in [6, 6.07) is 59.3. The SMILES string of the molecule is N#Cc1cc(-c2ccc(-c3ccccn3)cc2)cc(-c2cccc(-c3cccc(-c4nc(-c5ccccc5)nc(-c5ccccc5)n4)c3)c2)c1. The van der Waals surface area contributed by atoms with Crippen molar-refractivity contribution in [3.05, 3.63) is 182 Å². The molecular formula is C45H29N5. The molecule has 0 aliphatic rings. The second kappa shape index (κ2) is 13.6. The zero-order chi connectivity index (χ0) is 33.7. The van der Waals surface area contributed by atoms with Gasteiger partial charge in [0.15, 0.2) is 17.5 Å². The summed E-state index contributed by atoms with van der Waals surface area (Å²) in [6.07, 6.45) is 1.80. The van der Waals surface area contributed by atoms with Crippen LogP contribution in [-0.4, -0.2) is 19.9 Å². The Hall–Kier alpha value is -7.03. The highest BCUT2D eigenvalue weighted by Crippen LogP contribution is 2.33. The summed E-state index contributed by atoms with van der Waals surface area (Å²) in [4.78, 5) is 19.2. The second-order valence-electron chi connectivity index (χ2n) is 11.9. The molecule has 0 amide bonds. The maximum absolute atomic E-state index is 9.95. The number of benzene rings is 6. The lowest BCUT2D eigenvalue weighted by Gasteiger charge is -2.11. The molecule has 5 nitrogen and oxygen atoms in total. The second-order valence-corrected chi connectivity index (χ2v) is 11.9. The summed E-state index contributed by atoms with van der Waals surface area (Å²) in [6.45, 7) is 0. The number of rotatable bonds is 7. The lowest BCUT2D eigenvalue weighted by molar-refractivity contribution is 1.07. The number of nitriles is 1. The van der Waals surface area contributed by atoms with Gasteiger partial charge in [0.05, 0.1) is 17.3 Å². The van der Waals surface area contributed by atoms with E-state index in [1.165, 1.54) is 0 Å². The van der Waals surface area contributed by atoms with E-state index in [9.17, 15) is 5.26 Å². The van der Waals surface area contributed by atoms with Crippen molar-refractivity contribution in [2.45, 2.75) is 0 Å². The average molecular weight is 640 g/mol. The molecule has 0 aliphatic carbocycles. The van der Waals surface area contributed by atoms with Gasteiger partial charge in [-0.05, 0) is 75.8 Å². The van der Waals surface area contributed by atoms with E-state index < -0.39 is 0 Å². The third kappa shape index (κ3) is 6.42. The van der Waals surface area contributed by atoms with Crippen LogP contribution in [0.2, 0.25) is 0 Å². The van der Waals surface area contributed by atoms with E-state index in [2.05, 4.69) is 77.8 Å². The smallest absolute Gasteiger partial charge is 0.164 e. The first-order valence-corrected chi connectivity index (χ1v) is 16.4. The quantitative estimate of drug-likeness (QED) is 0.173. The van der Waals surface area contributed by atoms with Gasteiger partial charge < -0.3 is 0 Å². The van der Waals surface area contributed by atoms with Gasteiger partial charge in [-0.15, -0.1) is 0 Å². The minimum atomic E-state index is 0.608. The first-order chi connectivity index (χ1) is 24.7. The Morgan fingerprint density at radius 2 is 0.780 bits per heavy atom. The van der Waals surface area contributed by atoms with E-state index in [-0.39, 0.29) is 0 Å². The van der Waals surface area contributed by atoms with Crippen molar-refractivity contribution < 1.29 is 0 Å². The standard InChI is InChI=1S/C45H29N5/c46-30-31-25-40(32-20-22-33(23-21-32)42-19-7-8-24-47-42)29-41(26-31)38-17-9-15-36(27-38)37-16-10-18-39(28-37)45-49-43(34-11-3-1-4-12-34)48-44(50-45)35-13-5-2-6-14-35/h1-29H. The molecule has 8 rings (SSSR count). The largest absolute Gasteiger partial charge is 0.256 e. The van der Waals surface area contributed by atoms with E-state index in [0.29, 0.717) is 23.0 Å². The molecule has 2 aromatic heterocycles. The van der Waals surface area contributed by atoms with Crippen molar-refractivity contribution in [3.63, 3.8) is 0 Å². The van der Waals surface area contributed by atoms with Crippen LogP contribution in [0.4, 0.5) is 0 Å². The fourth-order valence-corrected chi connectivity index (χ4v) is 6.05. The average Bonchev–Trinajstić information content (AvgIpc) is 3.21.